The molecule has 2 amide bonds. The summed E-state index contributed by atoms with van der Waals surface area (Å²) in [6, 6.07) is 17.3. The van der Waals surface area contributed by atoms with Crippen molar-refractivity contribution in [3.05, 3.63) is 60.2 Å². The van der Waals surface area contributed by atoms with E-state index in [0.717, 1.165) is 17.0 Å². The highest BCUT2D eigenvalue weighted by Gasteiger charge is 2.15. The van der Waals surface area contributed by atoms with Gasteiger partial charge in [0.05, 0.1) is 7.11 Å². The number of para-hydroxylation sites is 2. The van der Waals surface area contributed by atoms with Crippen molar-refractivity contribution in [2.45, 2.75) is 19.8 Å². The molecule has 0 unspecified atom stereocenters. The lowest BCUT2D eigenvalue weighted by atomic mass is 10.1. The van der Waals surface area contributed by atoms with Crippen LogP contribution in [0.5, 0.6) is 5.75 Å². The maximum atomic E-state index is 12.4. The van der Waals surface area contributed by atoms with E-state index in [9.17, 15) is 9.59 Å². The first-order chi connectivity index (χ1) is 12.5. The molecular weight excluding hydrogens is 328 g/mol. The van der Waals surface area contributed by atoms with Crippen LogP contribution < -0.4 is 9.64 Å². The van der Waals surface area contributed by atoms with Crippen LogP contribution in [-0.4, -0.2) is 44.0 Å². The van der Waals surface area contributed by atoms with Gasteiger partial charge in [0.2, 0.25) is 11.8 Å². The number of amides is 2. The average Bonchev–Trinajstić information content (AvgIpc) is 2.67. The Labute approximate surface area is 155 Å². The van der Waals surface area contributed by atoms with Crippen LogP contribution in [0.3, 0.4) is 0 Å². The molecule has 5 heteroatoms. The fraction of sp³-hybridized carbons (Fsp3) is 0.333. The molecule has 0 spiro atoms. The zero-order valence-electron chi connectivity index (χ0n) is 15.6. The van der Waals surface area contributed by atoms with Crippen LogP contribution in [0, 0.1) is 0 Å². The molecule has 2 aromatic rings. The Hall–Kier alpha value is -2.82. The molecule has 26 heavy (non-hydrogen) atoms. The maximum absolute atomic E-state index is 12.4. The predicted molar refractivity (Wildman–Crippen MR) is 103 cm³/mol. The van der Waals surface area contributed by atoms with Gasteiger partial charge in [-0.15, -0.1) is 0 Å². The molecule has 0 saturated carbocycles. The largest absolute Gasteiger partial charge is 0.496 e. The highest BCUT2D eigenvalue weighted by Crippen LogP contribution is 2.18. The standard InChI is InChI=1S/C21H26N2O3/c1-17(24)23(15-13-18-9-7-8-12-20(18)26-3)16-14-21(25)22(2)19-10-5-4-6-11-19/h4-12H,13-16H2,1-3H3. The Kier molecular flexibility index (Phi) is 7.21. The smallest absolute Gasteiger partial charge is 0.228 e. The lowest BCUT2D eigenvalue weighted by Crippen LogP contribution is -2.36. The van der Waals surface area contributed by atoms with Gasteiger partial charge in [-0.25, -0.2) is 0 Å². The van der Waals surface area contributed by atoms with Gasteiger partial charge in [0, 0.05) is 39.2 Å². The number of hydrogen-bond donors (Lipinski definition) is 0. The second-order valence-electron chi connectivity index (χ2n) is 6.11. The van der Waals surface area contributed by atoms with Crippen molar-refractivity contribution >= 4 is 17.5 Å². The summed E-state index contributed by atoms with van der Waals surface area (Å²) < 4.78 is 5.35. The third-order valence-electron chi connectivity index (χ3n) is 4.40. The molecular formula is C21H26N2O3. The number of benzene rings is 2. The van der Waals surface area contributed by atoms with E-state index < -0.39 is 0 Å². The van der Waals surface area contributed by atoms with Crippen LogP contribution in [0.4, 0.5) is 5.69 Å². The minimum absolute atomic E-state index is 0.0141. The van der Waals surface area contributed by atoms with Gasteiger partial charge in [-0.2, -0.15) is 0 Å². The Morgan fingerprint density at radius 2 is 1.62 bits per heavy atom. The van der Waals surface area contributed by atoms with Crippen LogP contribution in [0.25, 0.3) is 0 Å². The molecule has 0 atom stereocenters. The van der Waals surface area contributed by atoms with E-state index in [2.05, 4.69) is 0 Å². The van der Waals surface area contributed by atoms with E-state index in [1.807, 2.05) is 54.6 Å². The number of carbonyl (C=O) groups excluding carboxylic acids is 2. The number of hydrogen-bond acceptors (Lipinski definition) is 3. The van der Waals surface area contributed by atoms with Gasteiger partial charge in [-0.1, -0.05) is 36.4 Å². The maximum Gasteiger partial charge on any atom is 0.228 e. The molecule has 0 radical (unpaired) electrons. The van der Waals surface area contributed by atoms with Gasteiger partial charge in [0.1, 0.15) is 5.75 Å². The van der Waals surface area contributed by atoms with Crippen LogP contribution >= 0.6 is 0 Å². The molecule has 0 aliphatic carbocycles. The molecule has 138 valence electrons. The molecule has 2 rings (SSSR count). The van der Waals surface area contributed by atoms with Crippen LogP contribution in [0.2, 0.25) is 0 Å². The molecule has 0 N–H and O–H groups in total. The summed E-state index contributed by atoms with van der Waals surface area (Å²) in [7, 11) is 3.39. The van der Waals surface area contributed by atoms with Gasteiger partial charge >= 0.3 is 0 Å². The number of ether oxygens (including phenoxy) is 1. The summed E-state index contributed by atoms with van der Waals surface area (Å²) >= 11 is 0. The third kappa shape index (κ3) is 5.34. The second-order valence-corrected chi connectivity index (χ2v) is 6.11. The third-order valence-corrected chi connectivity index (χ3v) is 4.40. The van der Waals surface area contributed by atoms with Crippen molar-refractivity contribution in [3.8, 4) is 5.75 Å². The molecule has 0 aromatic heterocycles. The number of rotatable bonds is 8. The van der Waals surface area contributed by atoms with Gasteiger partial charge in [-0.05, 0) is 30.2 Å². The van der Waals surface area contributed by atoms with E-state index in [4.69, 9.17) is 4.74 Å². The van der Waals surface area contributed by atoms with Gasteiger partial charge in [0.15, 0.2) is 0 Å². The first-order valence-electron chi connectivity index (χ1n) is 8.72. The van der Waals surface area contributed by atoms with Gasteiger partial charge in [0.25, 0.3) is 0 Å². The van der Waals surface area contributed by atoms with Crippen molar-refractivity contribution in [3.63, 3.8) is 0 Å². The Morgan fingerprint density at radius 3 is 2.27 bits per heavy atom. The lowest BCUT2D eigenvalue weighted by Gasteiger charge is -2.23. The summed E-state index contributed by atoms with van der Waals surface area (Å²) in [5, 5.41) is 0. The van der Waals surface area contributed by atoms with E-state index in [-0.39, 0.29) is 18.2 Å². The minimum atomic E-state index is -0.0323. The fourth-order valence-electron chi connectivity index (χ4n) is 2.79. The number of methoxy groups -OCH3 is 1. The fourth-order valence-corrected chi connectivity index (χ4v) is 2.79. The molecule has 0 fully saturated rings. The Bertz CT molecular complexity index is 731. The highest BCUT2D eigenvalue weighted by atomic mass is 16.5. The Morgan fingerprint density at radius 1 is 0.962 bits per heavy atom. The van der Waals surface area contributed by atoms with Crippen molar-refractivity contribution in [1.82, 2.24) is 4.90 Å². The summed E-state index contributed by atoms with van der Waals surface area (Å²) in [6.07, 6.45) is 0.975. The SMILES string of the molecule is COc1ccccc1CCN(CCC(=O)N(C)c1ccccc1)C(C)=O. The van der Waals surface area contributed by atoms with E-state index in [1.54, 1.807) is 24.0 Å². The summed E-state index contributed by atoms with van der Waals surface area (Å²) in [5.41, 5.74) is 1.90. The quantitative estimate of drug-likeness (QED) is 0.732. The summed E-state index contributed by atoms with van der Waals surface area (Å²) in [4.78, 5) is 27.7. The number of anilines is 1. The topological polar surface area (TPSA) is 49.9 Å². The second kappa shape index (κ2) is 9.61. The van der Waals surface area contributed by atoms with Crippen molar-refractivity contribution < 1.29 is 14.3 Å². The summed E-state index contributed by atoms with van der Waals surface area (Å²) in [6.45, 7) is 2.49. The molecule has 0 heterocycles. The van der Waals surface area contributed by atoms with Gasteiger partial charge < -0.3 is 14.5 Å². The van der Waals surface area contributed by atoms with E-state index in [1.165, 1.54) is 6.92 Å². The van der Waals surface area contributed by atoms with Crippen molar-refractivity contribution in [2.75, 3.05) is 32.1 Å². The monoisotopic (exact) mass is 354 g/mol. The first kappa shape index (κ1) is 19.5. The molecule has 0 aliphatic rings. The predicted octanol–water partition coefficient (Wildman–Crippen LogP) is 3.14. The van der Waals surface area contributed by atoms with Crippen LogP contribution in [0.15, 0.2) is 54.6 Å². The summed E-state index contributed by atoms with van der Waals surface area (Å²) in [5.74, 6) is 0.769. The lowest BCUT2D eigenvalue weighted by molar-refractivity contribution is -0.129. The first-order valence-corrected chi connectivity index (χ1v) is 8.72. The molecule has 0 bridgehead atoms. The van der Waals surface area contributed by atoms with Crippen molar-refractivity contribution in [2.24, 2.45) is 0 Å². The van der Waals surface area contributed by atoms with Crippen LogP contribution in [0.1, 0.15) is 18.9 Å². The zero-order valence-corrected chi connectivity index (χ0v) is 15.6. The normalized spacial score (nSPS) is 10.3. The molecule has 2 aromatic carbocycles. The highest BCUT2D eigenvalue weighted by molar-refractivity contribution is 5.93. The zero-order chi connectivity index (χ0) is 18.9. The minimum Gasteiger partial charge on any atom is -0.496 e. The van der Waals surface area contributed by atoms with E-state index >= 15 is 0 Å². The van der Waals surface area contributed by atoms with Crippen molar-refractivity contribution in [1.29, 1.82) is 0 Å². The Balaban J connectivity index is 1.92. The molecule has 0 saturated heterocycles. The number of nitrogens with zero attached hydrogens (tertiary/aromatic N) is 2. The van der Waals surface area contributed by atoms with Crippen LogP contribution in [-0.2, 0) is 16.0 Å². The number of carbonyl (C=O) groups is 2. The van der Waals surface area contributed by atoms with Gasteiger partial charge in [-0.3, -0.25) is 9.59 Å². The average molecular weight is 354 g/mol. The molecule has 5 nitrogen and oxygen atoms in total. The van der Waals surface area contributed by atoms with E-state index in [0.29, 0.717) is 19.5 Å². The molecule has 0 aliphatic heterocycles.